The van der Waals surface area contributed by atoms with Crippen molar-refractivity contribution in [1.82, 2.24) is 9.78 Å². The van der Waals surface area contributed by atoms with Gasteiger partial charge in [0.25, 0.3) is 0 Å². The number of rotatable bonds is 5. The number of nitrogens with two attached hydrogens (primary N) is 1. The Morgan fingerprint density at radius 1 is 1.80 bits per heavy atom. The average molecular weight is 214 g/mol. The number of nitro groups is 1. The van der Waals surface area contributed by atoms with Gasteiger partial charge >= 0.3 is 5.69 Å². The van der Waals surface area contributed by atoms with Gasteiger partial charge in [0.2, 0.25) is 5.82 Å². The number of hydrogen-bond donors (Lipinski definition) is 1. The minimum absolute atomic E-state index is 0.0861. The van der Waals surface area contributed by atoms with Crippen LogP contribution in [0.3, 0.4) is 0 Å². The number of nitrogen functional groups attached to an aromatic ring is 1. The average Bonchev–Trinajstić information content (AvgIpc) is 2.48. The van der Waals surface area contributed by atoms with E-state index >= 15 is 0 Å². The summed E-state index contributed by atoms with van der Waals surface area (Å²) in [5, 5.41) is 14.3. The Morgan fingerprint density at radius 2 is 2.47 bits per heavy atom. The maximum Gasteiger partial charge on any atom is 0.330 e. The van der Waals surface area contributed by atoms with E-state index < -0.39 is 4.92 Å². The van der Waals surface area contributed by atoms with Crippen LogP contribution in [-0.2, 0) is 11.3 Å². The Balaban J connectivity index is 2.74. The number of hydrogen-bond acceptors (Lipinski definition) is 5. The zero-order valence-corrected chi connectivity index (χ0v) is 8.71. The molecule has 0 aromatic carbocycles. The van der Waals surface area contributed by atoms with Crippen LogP contribution in [0.5, 0.6) is 0 Å². The van der Waals surface area contributed by atoms with Gasteiger partial charge < -0.3 is 10.5 Å². The molecule has 15 heavy (non-hydrogen) atoms. The van der Waals surface area contributed by atoms with Crippen molar-refractivity contribution in [2.75, 3.05) is 19.5 Å². The van der Waals surface area contributed by atoms with Crippen molar-refractivity contribution in [2.45, 2.75) is 13.5 Å². The van der Waals surface area contributed by atoms with Crippen molar-refractivity contribution in [3.05, 3.63) is 16.3 Å². The predicted octanol–water partition coefficient (Wildman–Crippen LogP) is 0.656. The highest BCUT2D eigenvalue weighted by molar-refractivity contribution is 5.51. The van der Waals surface area contributed by atoms with Crippen LogP contribution >= 0.6 is 0 Å². The Bertz CT molecular complexity index is 350. The van der Waals surface area contributed by atoms with Crippen molar-refractivity contribution >= 4 is 11.5 Å². The first-order valence-electron chi connectivity index (χ1n) is 4.50. The third-order valence-corrected chi connectivity index (χ3v) is 1.99. The van der Waals surface area contributed by atoms with E-state index in [1.807, 2.05) is 6.92 Å². The van der Waals surface area contributed by atoms with E-state index in [1.54, 1.807) is 7.11 Å². The number of nitrogens with zero attached hydrogens (tertiary/aromatic N) is 3. The lowest BCUT2D eigenvalue weighted by Gasteiger charge is -2.10. The SMILES string of the molecule is COCC(C)Cn1ncc([N+](=O)[O-])c1N. The van der Waals surface area contributed by atoms with Crippen LogP contribution in [0.25, 0.3) is 0 Å². The van der Waals surface area contributed by atoms with Gasteiger partial charge in [-0.2, -0.15) is 5.10 Å². The summed E-state index contributed by atoms with van der Waals surface area (Å²) in [5.74, 6) is 0.291. The van der Waals surface area contributed by atoms with Crippen LogP contribution in [0.15, 0.2) is 6.20 Å². The predicted molar refractivity (Wildman–Crippen MR) is 54.3 cm³/mol. The second kappa shape index (κ2) is 4.74. The quantitative estimate of drug-likeness (QED) is 0.573. The molecule has 0 fully saturated rings. The van der Waals surface area contributed by atoms with Gasteiger partial charge in [0, 0.05) is 13.7 Å². The largest absolute Gasteiger partial charge is 0.384 e. The molecular formula is C8H14N4O3. The highest BCUT2D eigenvalue weighted by Crippen LogP contribution is 2.20. The molecule has 7 nitrogen and oxygen atoms in total. The Hall–Kier alpha value is -1.63. The van der Waals surface area contributed by atoms with E-state index in [9.17, 15) is 10.1 Å². The lowest BCUT2D eigenvalue weighted by molar-refractivity contribution is -0.384. The standard InChI is InChI=1S/C8H14N4O3/c1-6(5-15-2)4-11-8(9)7(3-10-11)12(13)14/h3,6H,4-5,9H2,1-2H3. The number of methoxy groups -OCH3 is 1. The Labute approximate surface area is 87.0 Å². The summed E-state index contributed by atoms with van der Waals surface area (Å²) in [5.41, 5.74) is 5.41. The van der Waals surface area contributed by atoms with Gasteiger partial charge in [0.05, 0.1) is 11.5 Å². The second-order valence-electron chi connectivity index (χ2n) is 3.41. The lowest BCUT2D eigenvalue weighted by atomic mass is 10.2. The monoisotopic (exact) mass is 214 g/mol. The molecule has 1 unspecified atom stereocenters. The van der Waals surface area contributed by atoms with Crippen LogP contribution in [0.1, 0.15) is 6.92 Å². The summed E-state index contributed by atoms with van der Waals surface area (Å²) in [6, 6.07) is 0. The molecule has 1 aromatic rings. The summed E-state index contributed by atoms with van der Waals surface area (Å²) in [6.45, 7) is 3.02. The van der Waals surface area contributed by atoms with E-state index in [1.165, 1.54) is 4.68 Å². The van der Waals surface area contributed by atoms with Crippen LogP contribution in [-0.4, -0.2) is 28.4 Å². The highest BCUT2D eigenvalue weighted by Gasteiger charge is 2.18. The molecule has 0 aliphatic heterocycles. The first-order valence-corrected chi connectivity index (χ1v) is 4.50. The first-order chi connectivity index (χ1) is 7.06. The van der Waals surface area contributed by atoms with Gasteiger partial charge in [-0.25, -0.2) is 4.68 Å². The van der Waals surface area contributed by atoms with Crippen LogP contribution in [0, 0.1) is 16.0 Å². The number of aromatic nitrogens is 2. The molecule has 0 amide bonds. The minimum atomic E-state index is -0.542. The van der Waals surface area contributed by atoms with E-state index in [4.69, 9.17) is 10.5 Å². The molecule has 0 saturated carbocycles. The molecule has 0 radical (unpaired) electrons. The molecule has 0 aliphatic carbocycles. The third-order valence-electron chi connectivity index (χ3n) is 1.99. The smallest absolute Gasteiger partial charge is 0.330 e. The fourth-order valence-corrected chi connectivity index (χ4v) is 1.30. The zero-order chi connectivity index (χ0) is 11.4. The maximum atomic E-state index is 10.5. The summed E-state index contributed by atoms with van der Waals surface area (Å²) >= 11 is 0. The van der Waals surface area contributed by atoms with Crippen molar-refractivity contribution in [3.8, 4) is 0 Å². The van der Waals surface area contributed by atoms with Crippen molar-refractivity contribution in [3.63, 3.8) is 0 Å². The van der Waals surface area contributed by atoms with Gasteiger partial charge in [0.15, 0.2) is 0 Å². The molecule has 7 heteroatoms. The van der Waals surface area contributed by atoms with Gasteiger partial charge in [-0.05, 0) is 5.92 Å². The molecule has 0 spiro atoms. The second-order valence-corrected chi connectivity index (χ2v) is 3.41. The first kappa shape index (κ1) is 11.4. The fourth-order valence-electron chi connectivity index (χ4n) is 1.30. The van der Waals surface area contributed by atoms with E-state index in [0.29, 0.717) is 13.2 Å². The molecular weight excluding hydrogens is 200 g/mol. The van der Waals surface area contributed by atoms with Crippen LogP contribution in [0.2, 0.25) is 0 Å². The van der Waals surface area contributed by atoms with Gasteiger partial charge in [-0.15, -0.1) is 0 Å². The summed E-state index contributed by atoms with van der Waals surface area (Å²) in [7, 11) is 1.60. The van der Waals surface area contributed by atoms with Crippen LogP contribution < -0.4 is 5.73 Å². The van der Waals surface area contributed by atoms with E-state index in [-0.39, 0.29) is 17.4 Å². The molecule has 2 N–H and O–H groups in total. The van der Waals surface area contributed by atoms with Crippen molar-refractivity contribution < 1.29 is 9.66 Å². The molecule has 1 aromatic heterocycles. The summed E-state index contributed by atoms with van der Waals surface area (Å²) in [4.78, 5) is 9.95. The van der Waals surface area contributed by atoms with Crippen molar-refractivity contribution in [1.29, 1.82) is 0 Å². The van der Waals surface area contributed by atoms with E-state index in [0.717, 1.165) is 6.20 Å². The minimum Gasteiger partial charge on any atom is -0.384 e. The third kappa shape index (κ3) is 2.66. The van der Waals surface area contributed by atoms with Crippen LogP contribution in [0.4, 0.5) is 11.5 Å². The Kier molecular flexibility index (Phi) is 3.62. The number of anilines is 1. The highest BCUT2D eigenvalue weighted by atomic mass is 16.6. The van der Waals surface area contributed by atoms with Crippen molar-refractivity contribution in [2.24, 2.45) is 5.92 Å². The van der Waals surface area contributed by atoms with Gasteiger partial charge in [-0.1, -0.05) is 6.92 Å². The molecule has 1 atom stereocenters. The molecule has 0 saturated heterocycles. The van der Waals surface area contributed by atoms with Gasteiger partial charge in [0.1, 0.15) is 6.20 Å². The molecule has 1 rings (SSSR count). The fraction of sp³-hybridized carbons (Fsp3) is 0.625. The molecule has 1 heterocycles. The lowest BCUT2D eigenvalue weighted by Crippen LogP contribution is -2.15. The summed E-state index contributed by atoms with van der Waals surface area (Å²) < 4.78 is 6.37. The van der Waals surface area contributed by atoms with Gasteiger partial charge in [-0.3, -0.25) is 10.1 Å². The number of ether oxygens (including phenoxy) is 1. The normalized spacial score (nSPS) is 12.7. The Morgan fingerprint density at radius 3 is 2.93 bits per heavy atom. The topological polar surface area (TPSA) is 96.2 Å². The van der Waals surface area contributed by atoms with E-state index in [2.05, 4.69) is 5.10 Å². The maximum absolute atomic E-state index is 10.5. The molecule has 84 valence electrons. The molecule has 0 aliphatic rings. The zero-order valence-electron chi connectivity index (χ0n) is 8.71. The summed E-state index contributed by atoms with van der Waals surface area (Å²) in [6.07, 6.45) is 1.16. The molecule has 0 bridgehead atoms.